The maximum absolute atomic E-state index is 10.4. The first-order valence-electron chi connectivity index (χ1n) is 3.27. The van der Waals surface area contributed by atoms with Crippen molar-refractivity contribution in [3.63, 3.8) is 0 Å². The first-order valence-corrected chi connectivity index (χ1v) is 4.35. The van der Waals surface area contributed by atoms with Gasteiger partial charge in [0.1, 0.15) is 9.74 Å². The van der Waals surface area contributed by atoms with Crippen molar-refractivity contribution in [2.75, 3.05) is 0 Å². The number of rotatable bonds is 3. The predicted molar refractivity (Wildman–Crippen MR) is 50.6 cm³/mol. The molecule has 1 heterocycles. The van der Waals surface area contributed by atoms with Crippen LogP contribution in [0.5, 0.6) is 0 Å². The number of aromatic amines is 1. The molecule has 0 aliphatic rings. The van der Waals surface area contributed by atoms with Crippen LogP contribution in [0.15, 0.2) is 6.33 Å². The molecule has 0 radical (unpaired) electrons. The lowest BCUT2D eigenvalue weighted by atomic mass is 10.2. The van der Waals surface area contributed by atoms with E-state index in [9.17, 15) is 4.79 Å². The van der Waals surface area contributed by atoms with Crippen LogP contribution in [0, 0.1) is 3.70 Å². The van der Waals surface area contributed by atoms with Crippen LogP contribution in [0.25, 0.3) is 0 Å². The Morgan fingerprint density at radius 1 is 1.92 bits per heavy atom. The lowest BCUT2D eigenvalue weighted by molar-refractivity contribution is -0.138. The first-order chi connectivity index (χ1) is 5.61. The zero-order valence-corrected chi connectivity index (χ0v) is 8.28. The number of nitrogens with zero attached hydrogens (tertiary/aromatic N) is 1. The molecule has 0 spiro atoms. The number of halogens is 1. The molecule has 0 saturated heterocycles. The summed E-state index contributed by atoms with van der Waals surface area (Å²) in [6, 6.07) is -0.873. The molecule has 4 N–H and O–H groups in total. The fraction of sp³-hybridized carbons (Fsp3) is 0.333. The predicted octanol–water partition coefficient (Wildman–Crippen LogP) is -0.0313. The molecule has 0 bridgehead atoms. The highest BCUT2D eigenvalue weighted by molar-refractivity contribution is 14.1. The van der Waals surface area contributed by atoms with E-state index >= 15 is 0 Å². The zero-order chi connectivity index (χ0) is 9.14. The van der Waals surface area contributed by atoms with E-state index in [1.54, 1.807) is 0 Å². The Balaban J connectivity index is 2.64. The van der Waals surface area contributed by atoms with Crippen molar-refractivity contribution in [2.24, 2.45) is 5.73 Å². The summed E-state index contributed by atoms with van der Waals surface area (Å²) in [5.74, 6) is -1.01. The van der Waals surface area contributed by atoms with Crippen molar-refractivity contribution in [2.45, 2.75) is 12.5 Å². The van der Waals surface area contributed by atoms with Crippen molar-refractivity contribution < 1.29 is 9.90 Å². The van der Waals surface area contributed by atoms with Crippen LogP contribution in [-0.2, 0) is 11.2 Å². The second kappa shape index (κ2) is 3.85. The third-order valence-electron chi connectivity index (χ3n) is 1.40. The molecule has 1 rings (SSSR count). The van der Waals surface area contributed by atoms with Crippen LogP contribution in [0.2, 0.25) is 0 Å². The van der Waals surface area contributed by atoms with Crippen molar-refractivity contribution in [3.05, 3.63) is 15.7 Å². The molecule has 0 aliphatic carbocycles. The number of carboxylic acid groups (broad SMARTS) is 1. The van der Waals surface area contributed by atoms with Crippen molar-refractivity contribution >= 4 is 28.6 Å². The molecule has 12 heavy (non-hydrogen) atoms. The average Bonchev–Trinajstić information content (AvgIpc) is 2.36. The van der Waals surface area contributed by atoms with Gasteiger partial charge in [-0.05, 0) is 22.6 Å². The van der Waals surface area contributed by atoms with Gasteiger partial charge >= 0.3 is 5.97 Å². The van der Waals surface area contributed by atoms with Gasteiger partial charge in [-0.25, -0.2) is 4.98 Å². The average molecular weight is 281 g/mol. The lowest BCUT2D eigenvalue weighted by Gasteiger charge is -2.02. The van der Waals surface area contributed by atoms with Gasteiger partial charge in [-0.3, -0.25) is 4.79 Å². The lowest BCUT2D eigenvalue weighted by Crippen LogP contribution is -2.32. The van der Waals surface area contributed by atoms with Gasteiger partial charge in [-0.2, -0.15) is 0 Å². The highest BCUT2D eigenvalue weighted by Gasteiger charge is 2.14. The largest absolute Gasteiger partial charge is 0.480 e. The van der Waals surface area contributed by atoms with Crippen molar-refractivity contribution in [1.29, 1.82) is 0 Å². The summed E-state index contributed by atoms with van der Waals surface area (Å²) >= 11 is 2.05. The third kappa shape index (κ3) is 2.18. The molecule has 0 saturated carbocycles. The second-order valence-electron chi connectivity index (χ2n) is 2.31. The van der Waals surface area contributed by atoms with E-state index in [-0.39, 0.29) is 6.42 Å². The number of imidazole rings is 1. The molecule has 0 fully saturated rings. The summed E-state index contributed by atoms with van der Waals surface area (Å²) in [6.07, 6.45) is 1.78. The van der Waals surface area contributed by atoms with E-state index in [1.165, 1.54) is 6.33 Å². The summed E-state index contributed by atoms with van der Waals surface area (Å²) < 4.78 is 0.837. The summed E-state index contributed by atoms with van der Waals surface area (Å²) in [7, 11) is 0. The van der Waals surface area contributed by atoms with Gasteiger partial charge < -0.3 is 15.8 Å². The van der Waals surface area contributed by atoms with E-state index in [2.05, 4.69) is 9.97 Å². The summed E-state index contributed by atoms with van der Waals surface area (Å²) in [5, 5.41) is 8.51. The molecule has 1 aromatic heterocycles. The molecule has 6 heteroatoms. The van der Waals surface area contributed by atoms with E-state index in [4.69, 9.17) is 10.8 Å². The normalized spacial score (nSPS) is 12.8. The number of aliphatic carboxylic acids is 1. The molecule has 1 aromatic rings. The Morgan fingerprint density at radius 2 is 2.58 bits per heavy atom. The Labute approximate surface area is 82.5 Å². The van der Waals surface area contributed by atoms with Crippen LogP contribution >= 0.6 is 22.6 Å². The minimum absolute atomic E-state index is 0.261. The molecule has 0 unspecified atom stereocenters. The Hall–Kier alpha value is -0.630. The number of H-pyrrole nitrogens is 1. The van der Waals surface area contributed by atoms with E-state index in [0.29, 0.717) is 5.69 Å². The number of hydrogen-bond acceptors (Lipinski definition) is 3. The standard InChI is InChI=1S/C6H8IN3O2/c7-5-4(9-2-10-5)1-3(8)6(11)12/h2-3H,1,8H2,(H,9,10)(H,11,12)/t3-/m0/s1. The second-order valence-corrected chi connectivity index (χ2v) is 3.39. The molecule has 0 aromatic carbocycles. The first kappa shape index (κ1) is 9.46. The molecule has 0 amide bonds. The quantitative estimate of drug-likeness (QED) is 0.678. The molecule has 66 valence electrons. The van der Waals surface area contributed by atoms with Crippen LogP contribution in [-0.4, -0.2) is 27.1 Å². The highest BCUT2D eigenvalue weighted by atomic mass is 127. The van der Waals surface area contributed by atoms with Gasteiger partial charge in [0.2, 0.25) is 0 Å². The Bertz CT molecular complexity index is 286. The van der Waals surface area contributed by atoms with Gasteiger partial charge in [0, 0.05) is 6.42 Å². The van der Waals surface area contributed by atoms with Crippen LogP contribution in [0.4, 0.5) is 0 Å². The summed E-state index contributed by atoms with van der Waals surface area (Å²) in [6.45, 7) is 0. The van der Waals surface area contributed by atoms with Crippen molar-refractivity contribution in [1.82, 2.24) is 9.97 Å². The van der Waals surface area contributed by atoms with Gasteiger partial charge in [0.25, 0.3) is 0 Å². The number of nitrogens with two attached hydrogens (primary N) is 1. The number of hydrogen-bond donors (Lipinski definition) is 3. The molecule has 1 atom stereocenters. The SMILES string of the molecule is N[C@@H](Cc1nc[nH]c1I)C(=O)O. The highest BCUT2D eigenvalue weighted by Crippen LogP contribution is 2.07. The number of nitrogens with one attached hydrogen (secondary N) is 1. The number of carbonyl (C=O) groups is 1. The maximum Gasteiger partial charge on any atom is 0.320 e. The maximum atomic E-state index is 10.4. The Kier molecular flexibility index (Phi) is 3.04. The summed E-state index contributed by atoms with van der Waals surface area (Å²) in [5.41, 5.74) is 6.02. The third-order valence-corrected chi connectivity index (χ3v) is 2.33. The minimum Gasteiger partial charge on any atom is -0.480 e. The fourth-order valence-electron chi connectivity index (χ4n) is 0.745. The number of carboxylic acids is 1. The van der Waals surface area contributed by atoms with E-state index < -0.39 is 12.0 Å². The zero-order valence-electron chi connectivity index (χ0n) is 6.12. The van der Waals surface area contributed by atoms with Crippen molar-refractivity contribution in [3.8, 4) is 0 Å². The fourth-order valence-corrected chi connectivity index (χ4v) is 1.24. The topological polar surface area (TPSA) is 92.0 Å². The summed E-state index contributed by atoms with van der Waals surface area (Å²) in [4.78, 5) is 17.1. The van der Waals surface area contributed by atoms with Crippen LogP contribution in [0.1, 0.15) is 5.69 Å². The minimum atomic E-state index is -1.01. The van der Waals surface area contributed by atoms with Gasteiger partial charge in [0.05, 0.1) is 12.0 Å². The van der Waals surface area contributed by atoms with Gasteiger partial charge in [-0.1, -0.05) is 0 Å². The smallest absolute Gasteiger partial charge is 0.320 e. The van der Waals surface area contributed by atoms with E-state index in [0.717, 1.165) is 3.70 Å². The molecular formula is C6H8IN3O2. The molecular weight excluding hydrogens is 273 g/mol. The Morgan fingerprint density at radius 3 is 3.00 bits per heavy atom. The van der Waals surface area contributed by atoms with Gasteiger partial charge in [-0.15, -0.1) is 0 Å². The number of aromatic nitrogens is 2. The van der Waals surface area contributed by atoms with Gasteiger partial charge in [0.15, 0.2) is 0 Å². The molecule has 5 nitrogen and oxygen atoms in total. The monoisotopic (exact) mass is 281 g/mol. The van der Waals surface area contributed by atoms with Crippen LogP contribution in [0.3, 0.4) is 0 Å². The van der Waals surface area contributed by atoms with E-state index in [1.807, 2.05) is 22.6 Å². The molecule has 0 aliphatic heterocycles. The van der Waals surface area contributed by atoms with Crippen LogP contribution < -0.4 is 5.73 Å².